The first kappa shape index (κ1) is 21.8. The molecule has 1 aliphatic rings. The molecule has 0 unspecified atom stereocenters. The molecule has 1 atom stereocenters. The van der Waals surface area contributed by atoms with Gasteiger partial charge in [0, 0.05) is 47.1 Å². The number of aromatic nitrogens is 3. The molecule has 0 aliphatic carbocycles. The summed E-state index contributed by atoms with van der Waals surface area (Å²) < 4.78 is 0. The molecule has 1 aliphatic heterocycles. The van der Waals surface area contributed by atoms with Crippen LogP contribution in [0.5, 0.6) is 5.75 Å². The molecule has 3 heterocycles. The highest BCUT2D eigenvalue weighted by Crippen LogP contribution is 2.33. The van der Waals surface area contributed by atoms with E-state index in [2.05, 4.69) is 21.3 Å². The molecule has 34 heavy (non-hydrogen) atoms. The van der Waals surface area contributed by atoms with Crippen LogP contribution in [0.1, 0.15) is 28.4 Å². The minimum absolute atomic E-state index is 0. The van der Waals surface area contributed by atoms with E-state index < -0.39 is 0 Å². The Bertz CT molecular complexity index is 1340. The van der Waals surface area contributed by atoms with Crippen molar-refractivity contribution in [1.29, 1.82) is 0 Å². The second-order valence-corrected chi connectivity index (χ2v) is 8.73. The first-order valence-electron chi connectivity index (χ1n) is 11.6. The van der Waals surface area contributed by atoms with E-state index in [-0.39, 0.29) is 22.0 Å². The number of benzene rings is 2. The van der Waals surface area contributed by atoms with Crippen molar-refractivity contribution >= 4 is 22.6 Å². The molecule has 178 valence electrons. The normalized spacial score (nSPS) is 15.6. The quantitative estimate of drug-likeness (QED) is 0.432. The first-order valence-corrected chi connectivity index (χ1v) is 11.6. The number of para-hydroxylation sites is 1. The lowest BCUT2D eigenvalue weighted by Gasteiger charge is -2.21. The lowest BCUT2D eigenvalue weighted by atomic mass is 10.1. The van der Waals surface area contributed by atoms with Crippen molar-refractivity contribution in [2.24, 2.45) is 0 Å². The Labute approximate surface area is 203 Å². The summed E-state index contributed by atoms with van der Waals surface area (Å²) in [5.74, 6) is 1.51. The van der Waals surface area contributed by atoms with Crippen LogP contribution in [-0.4, -0.2) is 45.1 Å². The zero-order chi connectivity index (χ0) is 23.5. The molecule has 0 radical (unpaired) electrons. The van der Waals surface area contributed by atoms with E-state index in [0.29, 0.717) is 30.8 Å². The summed E-state index contributed by atoms with van der Waals surface area (Å²) in [6.07, 6.45) is 3.64. The fraction of sp³-hybridized carbons (Fsp3) is 0.259. The third-order valence-electron chi connectivity index (χ3n) is 6.16. The van der Waals surface area contributed by atoms with Crippen molar-refractivity contribution in [1.82, 2.24) is 20.3 Å². The predicted molar refractivity (Wildman–Crippen MR) is 139 cm³/mol. The number of hydrogen-bond acceptors (Lipinski definition) is 6. The van der Waals surface area contributed by atoms with Gasteiger partial charge in [0.05, 0.1) is 11.1 Å². The Morgan fingerprint density at radius 1 is 1.15 bits per heavy atom. The SMILES string of the molecule is Cc1ccc2c(N3CC[C@@H](NC(=O)CCc4ccccn4)C3)nc(-c3ccccc3O)nc2c1.[HH].[HH].[HH]. The van der Waals surface area contributed by atoms with Crippen LogP contribution < -0.4 is 10.2 Å². The van der Waals surface area contributed by atoms with Gasteiger partial charge in [-0.15, -0.1) is 0 Å². The van der Waals surface area contributed by atoms with E-state index in [1.807, 2.05) is 49.4 Å². The van der Waals surface area contributed by atoms with Gasteiger partial charge in [0.25, 0.3) is 0 Å². The maximum Gasteiger partial charge on any atom is 0.220 e. The van der Waals surface area contributed by atoms with Crippen molar-refractivity contribution in [3.63, 3.8) is 0 Å². The molecule has 0 saturated carbocycles. The number of anilines is 1. The number of nitrogens with zero attached hydrogens (tertiary/aromatic N) is 4. The highest BCUT2D eigenvalue weighted by Gasteiger charge is 2.27. The Morgan fingerprint density at radius 2 is 2.00 bits per heavy atom. The lowest BCUT2D eigenvalue weighted by molar-refractivity contribution is -0.121. The Hall–Kier alpha value is -4.00. The van der Waals surface area contributed by atoms with E-state index in [1.165, 1.54) is 0 Å². The molecule has 1 fully saturated rings. The third kappa shape index (κ3) is 4.69. The molecule has 4 aromatic rings. The van der Waals surface area contributed by atoms with Crippen molar-refractivity contribution in [3.8, 4) is 17.1 Å². The standard InChI is InChI=1S/C27H27N5O2.3H2/c1-18-9-11-21-23(16-18)30-26(22-7-2-3-8-24(22)33)31-27(21)32-15-13-20(17-32)29-25(34)12-10-19-6-4-5-14-28-19;;;/h2-9,11,14,16,20,33H,10,12-13,15,17H2,1H3,(H,29,34);3*1H/t20-;;;/m1.../s1. The molecule has 0 bridgehead atoms. The summed E-state index contributed by atoms with van der Waals surface area (Å²) in [5.41, 5.74) is 3.47. The number of rotatable bonds is 6. The van der Waals surface area contributed by atoms with Gasteiger partial charge < -0.3 is 15.3 Å². The molecule has 2 aromatic carbocycles. The molecule has 7 nitrogen and oxygen atoms in total. The van der Waals surface area contributed by atoms with Gasteiger partial charge in [0.1, 0.15) is 11.6 Å². The number of phenols is 1. The zero-order valence-electron chi connectivity index (χ0n) is 19.1. The fourth-order valence-corrected chi connectivity index (χ4v) is 4.41. The summed E-state index contributed by atoms with van der Waals surface area (Å²) in [4.78, 5) is 28.6. The Morgan fingerprint density at radius 3 is 2.82 bits per heavy atom. The molecule has 1 amide bonds. The van der Waals surface area contributed by atoms with E-state index in [4.69, 9.17) is 9.97 Å². The monoisotopic (exact) mass is 459 g/mol. The van der Waals surface area contributed by atoms with E-state index in [0.717, 1.165) is 40.9 Å². The van der Waals surface area contributed by atoms with Gasteiger partial charge in [-0.2, -0.15) is 0 Å². The largest absolute Gasteiger partial charge is 0.507 e. The van der Waals surface area contributed by atoms with Gasteiger partial charge >= 0.3 is 0 Å². The number of aryl methyl sites for hydroxylation is 2. The van der Waals surface area contributed by atoms with Crippen LogP contribution in [0.25, 0.3) is 22.3 Å². The summed E-state index contributed by atoms with van der Waals surface area (Å²) in [6.45, 7) is 3.49. The molecule has 5 rings (SSSR count). The zero-order valence-corrected chi connectivity index (χ0v) is 19.1. The average molecular weight is 460 g/mol. The van der Waals surface area contributed by atoms with Crippen molar-refractivity contribution in [2.75, 3.05) is 18.0 Å². The van der Waals surface area contributed by atoms with Gasteiger partial charge in [-0.3, -0.25) is 9.78 Å². The van der Waals surface area contributed by atoms with Gasteiger partial charge in [0.2, 0.25) is 5.91 Å². The van der Waals surface area contributed by atoms with E-state index in [1.54, 1.807) is 18.3 Å². The highest BCUT2D eigenvalue weighted by atomic mass is 16.3. The van der Waals surface area contributed by atoms with Crippen LogP contribution in [0.4, 0.5) is 5.82 Å². The number of carbonyl (C=O) groups is 1. The van der Waals surface area contributed by atoms with Gasteiger partial charge in [-0.1, -0.05) is 24.3 Å². The molecule has 1 saturated heterocycles. The van der Waals surface area contributed by atoms with Crippen LogP contribution in [0.3, 0.4) is 0 Å². The second kappa shape index (κ2) is 9.47. The van der Waals surface area contributed by atoms with Crippen molar-refractivity contribution in [3.05, 3.63) is 78.1 Å². The fourth-order valence-electron chi connectivity index (χ4n) is 4.41. The third-order valence-corrected chi connectivity index (χ3v) is 6.16. The van der Waals surface area contributed by atoms with Crippen LogP contribution in [0.2, 0.25) is 0 Å². The van der Waals surface area contributed by atoms with Crippen molar-refractivity contribution < 1.29 is 14.2 Å². The number of fused-ring (bicyclic) bond motifs is 1. The number of carbonyl (C=O) groups excluding carboxylic acids is 1. The van der Waals surface area contributed by atoms with Gasteiger partial charge in [-0.25, -0.2) is 9.97 Å². The molecule has 2 N–H and O–H groups in total. The van der Waals surface area contributed by atoms with Crippen LogP contribution in [0.15, 0.2) is 66.9 Å². The summed E-state index contributed by atoms with van der Waals surface area (Å²) >= 11 is 0. The molecule has 7 heteroatoms. The van der Waals surface area contributed by atoms with E-state index in [9.17, 15) is 9.90 Å². The highest BCUT2D eigenvalue weighted by molar-refractivity contribution is 5.92. The van der Waals surface area contributed by atoms with E-state index >= 15 is 0 Å². The number of hydrogen-bond donors (Lipinski definition) is 2. The number of pyridine rings is 1. The van der Waals surface area contributed by atoms with Crippen molar-refractivity contribution in [2.45, 2.75) is 32.2 Å². The maximum atomic E-state index is 12.5. The van der Waals surface area contributed by atoms with Crippen LogP contribution in [-0.2, 0) is 11.2 Å². The summed E-state index contributed by atoms with van der Waals surface area (Å²) in [5, 5.41) is 14.5. The molecule has 2 aromatic heterocycles. The van der Waals surface area contributed by atoms with Gasteiger partial charge in [-0.05, 0) is 61.7 Å². The van der Waals surface area contributed by atoms with Crippen LogP contribution >= 0.6 is 0 Å². The maximum absolute atomic E-state index is 12.5. The Kier molecular flexibility index (Phi) is 6.08. The predicted octanol–water partition coefficient (Wildman–Crippen LogP) is 4.77. The molecule has 0 spiro atoms. The lowest BCUT2D eigenvalue weighted by Crippen LogP contribution is -2.37. The number of phenolic OH excluding ortho intramolecular Hbond substituents is 1. The molecular formula is C27H33N5O2. The minimum Gasteiger partial charge on any atom is -0.507 e. The first-order chi connectivity index (χ1) is 16.6. The van der Waals surface area contributed by atoms with Crippen LogP contribution in [0, 0.1) is 6.92 Å². The smallest absolute Gasteiger partial charge is 0.220 e. The van der Waals surface area contributed by atoms with Gasteiger partial charge in [0.15, 0.2) is 5.82 Å². The summed E-state index contributed by atoms with van der Waals surface area (Å²) in [6, 6.07) is 19.1. The average Bonchev–Trinajstić information content (AvgIpc) is 3.31. The topological polar surface area (TPSA) is 91.2 Å². The number of aromatic hydroxyl groups is 1. The second-order valence-electron chi connectivity index (χ2n) is 8.73. The number of amides is 1. The number of nitrogens with one attached hydrogen (secondary N) is 1. The molecular weight excluding hydrogens is 426 g/mol. The summed E-state index contributed by atoms with van der Waals surface area (Å²) in [7, 11) is 0. The minimum atomic E-state index is 0. The Balaban J connectivity index is 0.00000160.